The number of nitrogens with zero attached hydrogens (tertiary/aromatic N) is 2. The van der Waals surface area contributed by atoms with E-state index in [0.717, 1.165) is 11.4 Å². The van der Waals surface area contributed by atoms with Crippen molar-refractivity contribution in [2.45, 2.75) is 19.4 Å². The lowest BCUT2D eigenvalue weighted by Gasteiger charge is -2.17. The van der Waals surface area contributed by atoms with Crippen molar-refractivity contribution in [1.82, 2.24) is 10.5 Å². The zero-order chi connectivity index (χ0) is 16.9. The van der Waals surface area contributed by atoms with Gasteiger partial charge in [0.1, 0.15) is 12.0 Å². The van der Waals surface area contributed by atoms with Crippen molar-refractivity contribution < 1.29 is 18.8 Å². The fourth-order valence-electron chi connectivity index (χ4n) is 2.56. The molecule has 1 unspecified atom stereocenters. The summed E-state index contributed by atoms with van der Waals surface area (Å²) in [4.78, 5) is 25.7. The van der Waals surface area contributed by atoms with Crippen LogP contribution in [0.15, 0.2) is 41.1 Å². The SMILES string of the molecule is CCOc1ccc(N2CC(NC(=O)Nc3ccon3)CC2=O)cc1. The van der Waals surface area contributed by atoms with Crippen LogP contribution in [-0.4, -0.2) is 36.3 Å². The van der Waals surface area contributed by atoms with Crippen molar-refractivity contribution in [3.63, 3.8) is 0 Å². The van der Waals surface area contributed by atoms with Gasteiger partial charge in [-0.15, -0.1) is 0 Å². The summed E-state index contributed by atoms with van der Waals surface area (Å²) in [5.74, 6) is 1.04. The van der Waals surface area contributed by atoms with Gasteiger partial charge in [0.15, 0.2) is 5.82 Å². The first-order valence-corrected chi connectivity index (χ1v) is 7.67. The number of hydrogen-bond acceptors (Lipinski definition) is 5. The number of urea groups is 1. The first kappa shape index (κ1) is 15.9. The lowest BCUT2D eigenvalue weighted by molar-refractivity contribution is -0.117. The number of carbonyl (C=O) groups is 2. The molecule has 0 spiro atoms. The van der Waals surface area contributed by atoms with Crippen LogP contribution in [0.4, 0.5) is 16.3 Å². The van der Waals surface area contributed by atoms with Crippen LogP contribution < -0.4 is 20.3 Å². The molecule has 1 aromatic carbocycles. The van der Waals surface area contributed by atoms with Crippen molar-refractivity contribution >= 4 is 23.4 Å². The average molecular weight is 330 g/mol. The van der Waals surface area contributed by atoms with Gasteiger partial charge in [0.05, 0.1) is 12.6 Å². The minimum Gasteiger partial charge on any atom is -0.494 e. The minimum atomic E-state index is -0.421. The van der Waals surface area contributed by atoms with E-state index in [1.54, 1.807) is 4.90 Å². The van der Waals surface area contributed by atoms with Gasteiger partial charge in [-0.05, 0) is 31.2 Å². The molecule has 3 rings (SSSR count). The number of carbonyl (C=O) groups excluding carboxylic acids is 2. The Bertz CT molecular complexity index is 699. The molecule has 8 heteroatoms. The lowest BCUT2D eigenvalue weighted by atomic mass is 10.2. The molecule has 1 aromatic heterocycles. The average Bonchev–Trinajstić information content (AvgIpc) is 3.18. The summed E-state index contributed by atoms with van der Waals surface area (Å²) in [6, 6.07) is 8.16. The summed E-state index contributed by atoms with van der Waals surface area (Å²) in [7, 11) is 0. The molecule has 0 aliphatic carbocycles. The van der Waals surface area contributed by atoms with Crippen LogP contribution in [0.3, 0.4) is 0 Å². The highest BCUT2D eigenvalue weighted by Gasteiger charge is 2.31. The second-order valence-electron chi connectivity index (χ2n) is 5.32. The number of amides is 3. The van der Waals surface area contributed by atoms with Gasteiger partial charge in [0.25, 0.3) is 0 Å². The van der Waals surface area contributed by atoms with Crippen LogP contribution in [0.1, 0.15) is 13.3 Å². The summed E-state index contributed by atoms with van der Waals surface area (Å²) in [6.45, 7) is 2.92. The predicted molar refractivity (Wildman–Crippen MR) is 87.0 cm³/mol. The van der Waals surface area contributed by atoms with Crippen LogP contribution >= 0.6 is 0 Å². The molecule has 126 valence electrons. The third-order valence-electron chi connectivity index (χ3n) is 3.60. The molecule has 0 radical (unpaired) electrons. The Morgan fingerprint density at radius 3 is 2.83 bits per heavy atom. The third-order valence-corrected chi connectivity index (χ3v) is 3.60. The standard InChI is InChI=1S/C16H18N4O4/c1-2-23-13-5-3-12(4-6-13)20-10-11(9-15(20)21)17-16(22)18-14-7-8-24-19-14/h3-8,11H,2,9-10H2,1H3,(H2,17,18,19,22). The Labute approximate surface area is 138 Å². The molecule has 1 aliphatic heterocycles. The Kier molecular flexibility index (Phi) is 4.64. The zero-order valence-corrected chi connectivity index (χ0v) is 13.2. The molecule has 3 amide bonds. The second-order valence-corrected chi connectivity index (χ2v) is 5.32. The normalized spacial score (nSPS) is 17.0. The van der Waals surface area contributed by atoms with Crippen molar-refractivity contribution in [2.75, 3.05) is 23.4 Å². The van der Waals surface area contributed by atoms with E-state index in [0.29, 0.717) is 19.0 Å². The van der Waals surface area contributed by atoms with Crippen molar-refractivity contribution in [1.29, 1.82) is 0 Å². The summed E-state index contributed by atoms with van der Waals surface area (Å²) in [6.07, 6.45) is 1.61. The maximum atomic E-state index is 12.2. The summed E-state index contributed by atoms with van der Waals surface area (Å²) in [5, 5.41) is 8.89. The second kappa shape index (κ2) is 7.03. The number of ether oxygens (including phenoxy) is 1. The van der Waals surface area contributed by atoms with Gasteiger partial charge in [-0.3, -0.25) is 10.1 Å². The van der Waals surface area contributed by atoms with Gasteiger partial charge in [0.2, 0.25) is 5.91 Å². The minimum absolute atomic E-state index is 0.0362. The van der Waals surface area contributed by atoms with Gasteiger partial charge in [0, 0.05) is 24.7 Å². The molecule has 1 aliphatic rings. The Morgan fingerprint density at radius 1 is 1.38 bits per heavy atom. The van der Waals surface area contributed by atoms with E-state index in [2.05, 4.69) is 20.3 Å². The number of nitrogens with one attached hydrogen (secondary N) is 2. The zero-order valence-electron chi connectivity index (χ0n) is 13.2. The maximum Gasteiger partial charge on any atom is 0.320 e. The molecule has 1 fully saturated rings. The summed E-state index contributed by atoms with van der Waals surface area (Å²) >= 11 is 0. The molecule has 24 heavy (non-hydrogen) atoms. The van der Waals surface area contributed by atoms with Crippen LogP contribution in [0, 0.1) is 0 Å². The molecule has 1 saturated heterocycles. The molecular formula is C16H18N4O4. The summed E-state index contributed by atoms with van der Waals surface area (Å²) in [5.41, 5.74) is 0.782. The van der Waals surface area contributed by atoms with Crippen LogP contribution in [-0.2, 0) is 4.79 Å². The fraction of sp³-hybridized carbons (Fsp3) is 0.312. The van der Waals surface area contributed by atoms with Gasteiger partial charge >= 0.3 is 6.03 Å². The lowest BCUT2D eigenvalue weighted by Crippen LogP contribution is -2.39. The fourth-order valence-corrected chi connectivity index (χ4v) is 2.56. The predicted octanol–water partition coefficient (Wildman–Crippen LogP) is 2.00. The number of anilines is 2. The molecule has 0 bridgehead atoms. The highest BCUT2D eigenvalue weighted by molar-refractivity contribution is 5.97. The Morgan fingerprint density at radius 2 is 2.17 bits per heavy atom. The Hall–Kier alpha value is -3.03. The highest BCUT2D eigenvalue weighted by Crippen LogP contribution is 2.24. The van der Waals surface area contributed by atoms with Crippen molar-refractivity contribution in [3.05, 3.63) is 36.6 Å². The number of aromatic nitrogens is 1. The van der Waals surface area contributed by atoms with Crippen molar-refractivity contribution in [3.8, 4) is 5.75 Å². The number of rotatable bonds is 5. The van der Waals surface area contributed by atoms with Gasteiger partial charge in [-0.1, -0.05) is 5.16 Å². The molecule has 2 aromatic rings. The van der Waals surface area contributed by atoms with Crippen LogP contribution in [0.2, 0.25) is 0 Å². The van der Waals surface area contributed by atoms with Crippen LogP contribution in [0.25, 0.3) is 0 Å². The molecule has 2 heterocycles. The van der Waals surface area contributed by atoms with Gasteiger partial charge in [-0.2, -0.15) is 0 Å². The smallest absolute Gasteiger partial charge is 0.320 e. The van der Waals surface area contributed by atoms with E-state index in [-0.39, 0.29) is 18.4 Å². The van der Waals surface area contributed by atoms with Gasteiger partial charge in [-0.25, -0.2) is 4.79 Å². The van der Waals surface area contributed by atoms with E-state index in [9.17, 15) is 9.59 Å². The molecule has 2 N–H and O–H groups in total. The summed E-state index contributed by atoms with van der Waals surface area (Å²) < 4.78 is 10.0. The molecule has 0 saturated carbocycles. The Balaban J connectivity index is 1.57. The van der Waals surface area contributed by atoms with Crippen molar-refractivity contribution in [2.24, 2.45) is 0 Å². The van der Waals surface area contributed by atoms with Crippen LogP contribution in [0.5, 0.6) is 5.75 Å². The largest absolute Gasteiger partial charge is 0.494 e. The van der Waals surface area contributed by atoms with E-state index in [1.165, 1.54) is 12.3 Å². The third kappa shape index (κ3) is 3.65. The number of benzene rings is 1. The number of hydrogen-bond donors (Lipinski definition) is 2. The first-order valence-electron chi connectivity index (χ1n) is 7.67. The van der Waals surface area contributed by atoms with E-state index >= 15 is 0 Å². The molecule has 8 nitrogen and oxygen atoms in total. The first-order chi connectivity index (χ1) is 11.7. The molecular weight excluding hydrogens is 312 g/mol. The van der Waals surface area contributed by atoms with E-state index < -0.39 is 6.03 Å². The quantitative estimate of drug-likeness (QED) is 0.874. The highest BCUT2D eigenvalue weighted by atomic mass is 16.5. The van der Waals surface area contributed by atoms with E-state index in [4.69, 9.17) is 4.74 Å². The van der Waals surface area contributed by atoms with E-state index in [1.807, 2.05) is 31.2 Å². The molecule has 1 atom stereocenters. The van der Waals surface area contributed by atoms with Gasteiger partial charge < -0.3 is 19.5 Å². The topological polar surface area (TPSA) is 96.7 Å². The monoisotopic (exact) mass is 330 g/mol. The maximum absolute atomic E-state index is 12.2.